The van der Waals surface area contributed by atoms with Gasteiger partial charge in [-0.3, -0.25) is 4.79 Å². The van der Waals surface area contributed by atoms with Crippen molar-refractivity contribution in [3.05, 3.63) is 82.0 Å². The topological polar surface area (TPSA) is 59.2 Å². The summed E-state index contributed by atoms with van der Waals surface area (Å²) in [4.78, 5) is 29.1. The zero-order valence-electron chi connectivity index (χ0n) is 14.7. The van der Waals surface area contributed by atoms with Crippen molar-refractivity contribution in [1.29, 1.82) is 0 Å². The van der Waals surface area contributed by atoms with Crippen LogP contribution in [0.5, 0.6) is 0 Å². The summed E-state index contributed by atoms with van der Waals surface area (Å²) in [6, 6.07) is 19.2. The van der Waals surface area contributed by atoms with E-state index in [1.54, 1.807) is 0 Å². The number of aromatic amines is 1. The molecule has 0 atom stereocenters. The van der Waals surface area contributed by atoms with Crippen LogP contribution in [0.25, 0.3) is 22.2 Å². The van der Waals surface area contributed by atoms with Gasteiger partial charge in [-0.25, -0.2) is 4.79 Å². The summed E-state index contributed by atoms with van der Waals surface area (Å²) in [6.45, 7) is 1.56. The quantitative estimate of drug-likeness (QED) is 0.383. The molecule has 27 heavy (non-hydrogen) atoms. The third-order valence-electron chi connectivity index (χ3n) is 4.43. The Hall–Kier alpha value is -3.18. The number of aromatic nitrogens is 1. The number of para-hydroxylation sites is 1. The number of aryl methyl sites for hydroxylation is 1. The first-order valence-electron chi connectivity index (χ1n) is 8.55. The summed E-state index contributed by atoms with van der Waals surface area (Å²) < 4.78 is 5.30. The van der Waals surface area contributed by atoms with Crippen molar-refractivity contribution >= 4 is 34.0 Å². The highest BCUT2D eigenvalue weighted by atomic mass is 32.1. The molecule has 5 heteroatoms. The van der Waals surface area contributed by atoms with Gasteiger partial charge in [-0.1, -0.05) is 48.5 Å². The average molecular weight is 375 g/mol. The average Bonchev–Trinajstić information content (AvgIpc) is 3.30. The molecule has 0 saturated heterocycles. The number of Topliss-reactive ketones (excluding diaryl/α,β-unsaturated/α-hetero) is 1. The van der Waals surface area contributed by atoms with E-state index in [9.17, 15) is 9.59 Å². The van der Waals surface area contributed by atoms with E-state index in [2.05, 4.69) is 4.98 Å². The van der Waals surface area contributed by atoms with Crippen molar-refractivity contribution in [3.63, 3.8) is 0 Å². The van der Waals surface area contributed by atoms with Crippen molar-refractivity contribution in [2.24, 2.45) is 0 Å². The van der Waals surface area contributed by atoms with Gasteiger partial charge >= 0.3 is 5.97 Å². The molecule has 0 spiro atoms. The number of ketones is 1. The molecule has 0 saturated carbocycles. The summed E-state index contributed by atoms with van der Waals surface area (Å²) in [6.07, 6.45) is 0. The van der Waals surface area contributed by atoms with Gasteiger partial charge < -0.3 is 9.72 Å². The van der Waals surface area contributed by atoms with Crippen molar-refractivity contribution in [2.45, 2.75) is 6.92 Å². The lowest BCUT2D eigenvalue weighted by atomic mass is 10.0. The fourth-order valence-electron chi connectivity index (χ4n) is 3.10. The van der Waals surface area contributed by atoms with Gasteiger partial charge in [-0.05, 0) is 35.6 Å². The number of ether oxygens (including phenoxy) is 1. The van der Waals surface area contributed by atoms with E-state index < -0.39 is 5.97 Å². The van der Waals surface area contributed by atoms with Crippen LogP contribution in [-0.2, 0) is 4.74 Å². The number of hydrogen-bond donors (Lipinski definition) is 1. The minimum Gasteiger partial charge on any atom is -0.453 e. The van der Waals surface area contributed by atoms with Crippen LogP contribution in [-0.4, -0.2) is 23.3 Å². The molecule has 0 amide bonds. The smallest absolute Gasteiger partial charge is 0.349 e. The first-order valence-corrected chi connectivity index (χ1v) is 9.43. The fraction of sp³-hybridized carbons (Fsp3) is 0.0909. The third-order valence-corrected chi connectivity index (χ3v) is 5.43. The van der Waals surface area contributed by atoms with Gasteiger partial charge in [0.25, 0.3) is 0 Å². The van der Waals surface area contributed by atoms with Gasteiger partial charge in [-0.2, -0.15) is 0 Å². The van der Waals surface area contributed by atoms with E-state index in [-0.39, 0.29) is 12.4 Å². The number of carbonyl (C=O) groups is 2. The number of thiophene rings is 1. The van der Waals surface area contributed by atoms with Crippen LogP contribution in [0.4, 0.5) is 0 Å². The molecule has 2 aromatic heterocycles. The maximum absolute atomic E-state index is 13.0. The van der Waals surface area contributed by atoms with Gasteiger partial charge in [0.1, 0.15) is 4.88 Å². The molecule has 0 unspecified atom stereocenters. The van der Waals surface area contributed by atoms with Crippen molar-refractivity contribution in [2.75, 3.05) is 6.61 Å². The van der Waals surface area contributed by atoms with Crippen LogP contribution >= 0.6 is 11.3 Å². The van der Waals surface area contributed by atoms with Gasteiger partial charge in [-0.15, -0.1) is 11.3 Å². The van der Waals surface area contributed by atoms with E-state index in [4.69, 9.17) is 4.74 Å². The van der Waals surface area contributed by atoms with Crippen molar-refractivity contribution in [1.82, 2.24) is 4.98 Å². The van der Waals surface area contributed by atoms with Crippen LogP contribution in [0.2, 0.25) is 0 Å². The number of nitrogens with one attached hydrogen (secondary N) is 1. The highest BCUT2D eigenvalue weighted by molar-refractivity contribution is 7.12. The molecule has 0 aliphatic carbocycles. The second-order valence-corrected chi connectivity index (χ2v) is 7.13. The lowest BCUT2D eigenvalue weighted by Gasteiger charge is -2.06. The number of rotatable bonds is 5. The molecular weight excluding hydrogens is 358 g/mol. The Morgan fingerprint density at radius 3 is 2.48 bits per heavy atom. The minimum atomic E-state index is -0.461. The molecule has 2 heterocycles. The second kappa shape index (κ2) is 7.21. The van der Waals surface area contributed by atoms with Crippen LogP contribution in [0.3, 0.4) is 0 Å². The summed E-state index contributed by atoms with van der Waals surface area (Å²) in [5.74, 6) is -0.689. The van der Waals surface area contributed by atoms with Gasteiger partial charge in [0.15, 0.2) is 6.61 Å². The number of hydrogen-bond acceptors (Lipinski definition) is 4. The fourth-order valence-corrected chi connectivity index (χ4v) is 3.92. The molecule has 4 nitrogen and oxygen atoms in total. The molecule has 0 aliphatic rings. The Kier molecular flexibility index (Phi) is 4.60. The van der Waals surface area contributed by atoms with Crippen LogP contribution in [0.15, 0.2) is 66.0 Å². The predicted octanol–water partition coefficient (Wildman–Crippen LogP) is 5.24. The third kappa shape index (κ3) is 3.29. The van der Waals surface area contributed by atoms with Gasteiger partial charge in [0.05, 0.1) is 11.3 Å². The van der Waals surface area contributed by atoms with E-state index >= 15 is 0 Å². The van der Waals surface area contributed by atoms with E-state index in [1.165, 1.54) is 11.3 Å². The van der Waals surface area contributed by atoms with E-state index in [0.29, 0.717) is 10.4 Å². The normalized spacial score (nSPS) is 10.9. The SMILES string of the molecule is Cc1ccsc1C(=O)OCC(=O)c1c(-c2ccccc2)[nH]c2ccccc12. The number of H-pyrrole nitrogens is 1. The monoisotopic (exact) mass is 375 g/mol. The zero-order chi connectivity index (χ0) is 18.8. The van der Waals surface area contributed by atoms with Crippen LogP contribution in [0.1, 0.15) is 25.6 Å². The largest absolute Gasteiger partial charge is 0.453 e. The summed E-state index contributed by atoms with van der Waals surface area (Å²) in [5.41, 5.74) is 3.93. The Balaban J connectivity index is 1.67. The van der Waals surface area contributed by atoms with Crippen LogP contribution < -0.4 is 0 Å². The number of fused-ring (bicyclic) bond motifs is 1. The Labute approximate surface area is 160 Å². The van der Waals surface area contributed by atoms with Crippen molar-refractivity contribution in [3.8, 4) is 11.3 Å². The summed E-state index contributed by atoms with van der Waals surface area (Å²) in [5, 5.41) is 2.66. The lowest BCUT2D eigenvalue weighted by Crippen LogP contribution is -2.14. The Morgan fingerprint density at radius 2 is 1.74 bits per heavy atom. The molecule has 4 rings (SSSR count). The highest BCUT2D eigenvalue weighted by Gasteiger charge is 2.21. The maximum Gasteiger partial charge on any atom is 0.349 e. The van der Waals surface area contributed by atoms with E-state index in [0.717, 1.165) is 27.7 Å². The first-order chi connectivity index (χ1) is 13.1. The number of carbonyl (C=O) groups excluding carboxylic acids is 2. The second-order valence-electron chi connectivity index (χ2n) is 6.22. The molecule has 1 N–H and O–H groups in total. The van der Waals surface area contributed by atoms with Gasteiger partial charge in [0.2, 0.25) is 5.78 Å². The van der Waals surface area contributed by atoms with E-state index in [1.807, 2.05) is 73.0 Å². The molecule has 0 radical (unpaired) electrons. The summed E-state index contributed by atoms with van der Waals surface area (Å²) in [7, 11) is 0. The molecule has 4 aromatic rings. The number of esters is 1. The molecule has 0 fully saturated rings. The van der Waals surface area contributed by atoms with Gasteiger partial charge in [0, 0.05) is 10.9 Å². The molecule has 0 aliphatic heterocycles. The standard InChI is InChI=1S/C22H17NO3S/c1-14-11-12-27-21(14)22(25)26-13-18(24)19-16-9-5-6-10-17(16)23-20(19)15-7-3-2-4-8-15/h2-12,23H,13H2,1H3. The molecule has 0 bridgehead atoms. The Morgan fingerprint density at radius 1 is 1.00 bits per heavy atom. The lowest BCUT2D eigenvalue weighted by molar-refractivity contribution is 0.0479. The first kappa shape index (κ1) is 17.2. The molecule has 134 valence electrons. The van der Waals surface area contributed by atoms with Crippen molar-refractivity contribution < 1.29 is 14.3 Å². The predicted molar refractivity (Wildman–Crippen MR) is 107 cm³/mol. The maximum atomic E-state index is 13.0. The van der Waals surface area contributed by atoms with Crippen LogP contribution in [0, 0.1) is 6.92 Å². The zero-order valence-corrected chi connectivity index (χ0v) is 15.5. The highest BCUT2D eigenvalue weighted by Crippen LogP contribution is 2.30. The Bertz CT molecular complexity index is 1120. The summed E-state index contributed by atoms with van der Waals surface area (Å²) >= 11 is 1.32. The molecule has 2 aromatic carbocycles. The number of benzene rings is 2. The molecular formula is C22H17NO3S. The minimum absolute atomic E-state index is 0.228.